The Morgan fingerprint density at radius 1 is 1.26 bits per heavy atom. The van der Waals surface area contributed by atoms with Gasteiger partial charge in [-0.2, -0.15) is 0 Å². The molecular formula is C21H27N3O2S. The van der Waals surface area contributed by atoms with E-state index in [4.69, 9.17) is 9.72 Å². The highest BCUT2D eigenvalue weighted by atomic mass is 32.1. The summed E-state index contributed by atoms with van der Waals surface area (Å²) in [6, 6.07) is 8.95. The van der Waals surface area contributed by atoms with Crippen molar-refractivity contribution < 1.29 is 9.53 Å². The van der Waals surface area contributed by atoms with E-state index in [0.717, 1.165) is 62.0 Å². The number of amides is 1. The highest BCUT2D eigenvalue weighted by Gasteiger charge is 2.18. The van der Waals surface area contributed by atoms with Gasteiger partial charge >= 0.3 is 0 Å². The van der Waals surface area contributed by atoms with Crippen LogP contribution < -0.4 is 5.32 Å². The summed E-state index contributed by atoms with van der Waals surface area (Å²) >= 11 is 1.62. The second-order valence-corrected chi connectivity index (χ2v) is 8.32. The summed E-state index contributed by atoms with van der Waals surface area (Å²) in [6.07, 6.45) is 5.06. The molecule has 0 radical (unpaired) electrons. The Balaban J connectivity index is 1.37. The zero-order chi connectivity index (χ0) is 18.5. The zero-order valence-corrected chi connectivity index (χ0v) is 16.5. The van der Waals surface area contributed by atoms with Crippen LogP contribution >= 0.6 is 11.3 Å². The number of thiazole rings is 1. The van der Waals surface area contributed by atoms with Gasteiger partial charge in [-0.05, 0) is 24.5 Å². The number of hydrogen-bond donors (Lipinski definition) is 1. The van der Waals surface area contributed by atoms with Crippen LogP contribution in [0.5, 0.6) is 0 Å². The summed E-state index contributed by atoms with van der Waals surface area (Å²) in [6.45, 7) is 4.56. The van der Waals surface area contributed by atoms with Gasteiger partial charge in [0.05, 0.1) is 25.3 Å². The van der Waals surface area contributed by atoms with Crippen LogP contribution in [-0.4, -0.2) is 48.1 Å². The molecule has 0 unspecified atom stereocenters. The minimum absolute atomic E-state index is 0.0971. The van der Waals surface area contributed by atoms with Crippen LogP contribution in [0, 0.1) is 0 Å². The number of ether oxygens (including phenoxy) is 1. The summed E-state index contributed by atoms with van der Waals surface area (Å²) in [4.78, 5) is 19.4. The van der Waals surface area contributed by atoms with Crippen molar-refractivity contribution in [2.75, 3.05) is 26.3 Å². The molecule has 2 aromatic rings. The van der Waals surface area contributed by atoms with Gasteiger partial charge in [0.2, 0.25) is 5.91 Å². The highest BCUT2D eigenvalue weighted by Crippen LogP contribution is 2.25. The van der Waals surface area contributed by atoms with Gasteiger partial charge in [0.1, 0.15) is 5.01 Å². The lowest BCUT2D eigenvalue weighted by Crippen LogP contribution is -2.35. The molecule has 2 fully saturated rings. The molecule has 4 rings (SSSR count). The molecule has 1 saturated heterocycles. The van der Waals surface area contributed by atoms with E-state index in [0.29, 0.717) is 12.5 Å². The number of nitrogens with zero attached hydrogens (tertiary/aromatic N) is 2. The van der Waals surface area contributed by atoms with E-state index in [1.54, 1.807) is 11.3 Å². The van der Waals surface area contributed by atoms with Gasteiger partial charge in [0, 0.05) is 36.6 Å². The Morgan fingerprint density at radius 2 is 2.07 bits per heavy atom. The first-order chi connectivity index (χ1) is 13.3. The van der Waals surface area contributed by atoms with Gasteiger partial charge in [-0.25, -0.2) is 4.98 Å². The van der Waals surface area contributed by atoms with Gasteiger partial charge in [-0.3, -0.25) is 9.69 Å². The Labute approximate surface area is 164 Å². The van der Waals surface area contributed by atoms with Crippen molar-refractivity contribution in [1.29, 1.82) is 0 Å². The number of morpholine rings is 1. The lowest BCUT2D eigenvalue weighted by atomic mass is 10.1. The molecule has 0 bridgehead atoms. The van der Waals surface area contributed by atoms with Crippen molar-refractivity contribution in [3.8, 4) is 10.6 Å². The standard InChI is InChI=1S/C21H27N3O2S/c25-20(22-18-6-1-2-7-18)13-19-15-27-21(23-19)17-5-3-4-16(12-17)14-24-8-10-26-11-9-24/h3-5,12,15,18H,1-2,6-11,13-14H2,(H,22,25). The minimum atomic E-state index is 0.0971. The first-order valence-electron chi connectivity index (χ1n) is 9.89. The Kier molecular flexibility index (Phi) is 6.17. The molecule has 1 amide bonds. The van der Waals surface area contributed by atoms with Crippen LogP contribution in [0.25, 0.3) is 10.6 Å². The molecule has 1 N–H and O–H groups in total. The predicted molar refractivity (Wildman–Crippen MR) is 108 cm³/mol. The number of aromatic nitrogens is 1. The van der Waals surface area contributed by atoms with E-state index in [2.05, 4.69) is 34.5 Å². The maximum atomic E-state index is 12.2. The maximum Gasteiger partial charge on any atom is 0.226 e. The molecule has 0 atom stereocenters. The molecule has 1 aromatic carbocycles. The van der Waals surface area contributed by atoms with Crippen LogP contribution in [0.15, 0.2) is 29.6 Å². The smallest absolute Gasteiger partial charge is 0.226 e. The molecule has 6 heteroatoms. The zero-order valence-electron chi connectivity index (χ0n) is 15.7. The predicted octanol–water partition coefficient (Wildman–Crippen LogP) is 3.24. The van der Waals surface area contributed by atoms with Gasteiger partial charge in [0.25, 0.3) is 0 Å². The highest BCUT2D eigenvalue weighted by molar-refractivity contribution is 7.13. The molecule has 2 heterocycles. The lowest BCUT2D eigenvalue weighted by Gasteiger charge is -2.26. The summed E-state index contributed by atoms with van der Waals surface area (Å²) < 4.78 is 5.42. The molecule has 144 valence electrons. The third-order valence-electron chi connectivity index (χ3n) is 5.30. The topological polar surface area (TPSA) is 54.5 Å². The quantitative estimate of drug-likeness (QED) is 0.829. The van der Waals surface area contributed by atoms with Crippen molar-refractivity contribution in [2.45, 2.75) is 44.7 Å². The average molecular weight is 386 g/mol. The van der Waals surface area contributed by atoms with Crippen LogP contribution in [0.4, 0.5) is 0 Å². The molecule has 1 aliphatic carbocycles. The van der Waals surface area contributed by atoms with Crippen molar-refractivity contribution in [3.63, 3.8) is 0 Å². The number of benzene rings is 1. The number of carbonyl (C=O) groups excluding carboxylic acids is 1. The van der Waals surface area contributed by atoms with E-state index in [9.17, 15) is 4.79 Å². The first-order valence-corrected chi connectivity index (χ1v) is 10.8. The molecular weight excluding hydrogens is 358 g/mol. The van der Waals surface area contributed by atoms with Crippen LogP contribution in [-0.2, 0) is 22.5 Å². The van der Waals surface area contributed by atoms with E-state index in [-0.39, 0.29) is 5.91 Å². The molecule has 27 heavy (non-hydrogen) atoms. The van der Waals surface area contributed by atoms with Crippen molar-refractivity contribution in [3.05, 3.63) is 40.9 Å². The first kappa shape index (κ1) is 18.6. The summed E-state index contributed by atoms with van der Waals surface area (Å²) in [7, 11) is 0. The molecule has 1 aliphatic heterocycles. The lowest BCUT2D eigenvalue weighted by molar-refractivity contribution is -0.121. The molecule has 5 nitrogen and oxygen atoms in total. The average Bonchev–Trinajstić information content (AvgIpc) is 3.35. The second kappa shape index (κ2) is 8.95. The fourth-order valence-corrected chi connectivity index (χ4v) is 4.67. The normalized spacial score (nSPS) is 18.7. The Bertz CT molecular complexity index is 764. The molecule has 2 aliphatic rings. The second-order valence-electron chi connectivity index (χ2n) is 7.46. The van der Waals surface area contributed by atoms with E-state index in [1.807, 2.05) is 5.38 Å². The van der Waals surface area contributed by atoms with Crippen molar-refractivity contribution >= 4 is 17.2 Å². The van der Waals surface area contributed by atoms with Crippen LogP contribution in [0.3, 0.4) is 0 Å². The minimum Gasteiger partial charge on any atom is -0.379 e. The van der Waals surface area contributed by atoms with E-state index in [1.165, 1.54) is 18.4 Å². The third kappa shape index (κ3) is 5.15. The van der Waals surface area contributed by atoms with Crippen molar-refractivity contribution in [2.24, 2.45) is 0 Å². The third-order valence-corrected chi connectivity index (χ3v) is 6.24. The number of hydrogen-bond acceptors (Lipinski definition) is 5. The van der Waals surface area contributed by atoms with E-state index < -0.39 is 0 Å². The van der Waals surface area contributed by atoms with Crippen molar-refractivity contribution in [1.82, 2.24) is 15.2 Å². The number of rotatable bonds is 6. The number of carbonyl (C=O) groups is 1. The van der Waals surface area contributed by atoms with Crippen LogP contribution in [0.1, 0.15) is 36.9 Å². The van der Waals surface area contributed by atoms with Gasteiger partial charge in [-0.1, -0.05) is 31.0 Å². The molecule has 1 aromatic heterocycles. The number of nitrogens with one attached hydrogen (secondary N) is 1. The fraction of sp³-hybridized carbons (Fsp3) is 0.524. The monoisotopic (exact) mass is 385 g/mol. The molecule has 1 saturated carbocycles. The van der Waals surface area contributed by atoms with Crippen LogP contribution in [0.2, 0.25) is 0 Å². The Morgan fingerprint density at radius 3 is 2.89 bits per heavy atom. The summed E-state index contributed by atoms with van der Waals surface area (Å²) in [5, 5.41) is 6.14. The SMILES string of the molecule is O=C(Cc1csc(-c2cccc(CN3CCOCC3)c2)n1)NC1CCCC1. The Hall–Kier alpha value is -1.76. The summed E-state index contributed by atoms with van der Waals surface area (Å²) in [5.41, 5.74) is 3.29. The summed E-state index contributed by atoms with van der Waals surface area (Å²) in [5.74, 6) is 0.0971. The molecule has 0 spiro atoms. The maximum absolute atomic E-state index is 12.2. The van der Waals surface area contributed by atoms with Gasteiger partial charge < -0.3 is 10.1 Å². The van der Waals surface area contributed by atoms with E-state index >= 15 is 0 Å². The van der Waals surface area contributed by atoms with Gasteiger partial charge in [-0.15, -0.1) is 11.3 Å². The van der Waals surface area contributed by atoms with Gasteiger partial charge in [0.15, 0.2) is 0 Å². The fourth-order valence-electron chi connectivity index (χ4n) is 3.85. The largest absolute Gasteiger partial charge is 0.379 e.